The maximum absolute atomic E-state index is 14.8. The predicted molar refractivity (Wildman–Crippen MR) is 300 cm³/mol. The maximum Gasteiger partial charge on any atom is 0.246 e. The number of anilines is 1. The molecule has 24 nitrogen and oxygen atoms in total. The third-order valence-corrected chi connectivity index (χ3v) is 16.2. The summed E-state index contributed by atoms with van der Waals surface area (Å²) in [7, 11) is 1.65. The van der Waals surface area contributed by atoms with Gasteiger partial charge in [0.05, 0.1) is 23.9 Å². The molecule has 2 aliphatic rings. The molecular weight excluding hydrogens is 1100 g/mol. The first-order chi connectivity index (χ1) is 38.2. The van der Waals surface area contributed by atoms with Gasteiger partial charge in [-0.3, -0.25) is 43.2 Å². The third kappa shape index (κ3) is 18.0. The number of hydrogen-bond acceptors (Lipinski definition) is 17. The molecule has 0 aromatic heterocycles. The molecule has 10 atom stereocenters. The van der Waals surface area contributed by atoms with Crippen LogP contribution in [0.2, 0.25) is 5.02 Å². The van der Waals surface area contributed by atoms with Crippen LogP contribution in [0.15, 0.2) is 97.1 Å². The molecular formula is C53H65ClN12O12S2. The Hall–Kier alpha value is -7.46. The van der Waals surface area contributed by atoms with Crippen LogP contribution in [0.3, 0.4) is 0 Å². The van der Waals surface area contributed by atoms with Crippen molar-refractivity contribution in [1.29, 1.82) is 0 Å². The van der Waals surface area contributed by atoms with Crippen molar-refractivity contribution in [1.82, 2.24) is 37.2 Å². The Morgan fingerprint density at radius 1 is 0.662 bits per heavy atom. The number of carbonyl (C=O) groups is 9. The summed E-state index contributed by atoms with van der Waals surface area (Å²) >= 11 is 6.08. The number of unbranched alkanes of at least 4 members (excludes halogenated alkanes) is 1. The number of aliphatic hydroxyl groups excluding tert-OH is 1. The molecule has 2 bridgehead atoms. The van der Waals surface area contributed by atoms with Crippen LogP contribution in [0.25, 0.3) is 0 Å². The second-order valence-corrected chi connectivity index (χ2v) is 22.2. The van der Waals surface area contributed by atoms with E-state index in [0.29, 0.717) is 39.4 Å². The molecule has 428 valence electrons. The van der Waals surface area contributed by atoms with Gasteiger partial charge in [-0.1, -0.05) is 81.7 Å². The summed E-state index contributed by atoms with van der Waals surface area (Å²) in [6.45, 7) is -0.0706. The maximum atomic E-state index is 14.8. The third-order valence-electron chi connectivity index (χ3n) is 13.0. The highest BCUT2D eigenvalue weighted by atomic mass is 35.5. The van der Waals surface area contributed by atoms with Crippen LogP contribution < -0.4 is 65.5 Å². The van der Waals surface area contributed by atoms with E-state index in [1.807, 2.05) is 0 Å². The average molecular weight is 1160 g/mol. The molecule has 0 saturated carbocycles. The van der Waals surface area contributed by atoms with Crippen molar-refractivity contribution in [2.45, 2.75) is 105 Å². The Morgan fingerprint density at radius 3 is 1.76 bits per heavy atom. The molecule has 9 amide bonds. The molecule has 4 aromatic rings. The Morgan fingerprint density at radius 2 is 1.19 bits per heavy atom. The summed E-state index contributed by atoms with van der Waals surface area (Å²) in [5.74, 6) is -8.37. The van der Waals surface area contributed by atoms with Gasteiger partial charge in [-0.2, -0.15) is 0 Å². The second kappa shape index (κ2) is 29.7. The number of halogens is 1. The Balaban J connectivity index is 1.40. The van der Waals surface area contributed by atoms with E-state index in [1.54, 1.807) is 48.5 Å². The lowest BCUT2D eigenvalue weighted by atomic mass is 9.94. The van der Waals surface area contributed by atoms with Crippen LogP contribution in [0, 0.1) is 0 Å². The summed E-state index contributed by atoms with van der Waals surface area (Å²) in [5.41, 5.74) is 25.8. The number of nitrogens with two attached hydrogens (primary N) is 4. The molecule has 2 aliphatic heterocycles. The molecule has 80 heavy (non-hydrogen) atoms. The Kier molecular flexibility index (Phi) is 22.9. The van der Waals surface area contributed by atoms with Gasteiger partial charge in [0.1, 0.15) is 53.8 Å². The summed E-state index contributed by atoms with van der Waals surface area (Å²) in [4.78, 5) is 126. The number of benzene rings is 4. The molecule has 0 spiro atoms. The van der Waals surface area contributed by atoms with Crippen molar-refractivity contribution in [2.24, 2.45) is 22.9 Å². The fourth-order valence-electron chi connectivity index (χ4n) is 8.60. The van der Waals surface area contributed by atoms with Gasteiger partial charge in [0, 0.05) is 35.7 Å². The Labute approximate surface area is 473 Å². The van der Waals surface area contributed by atoms with Gasteiger partial charge in [0.2, 0.25) is 53.2 Å². The van der Waals surface area contributed by atoms with E-state index in [-0.39, 0.29) is 68.9 Å². The van der Waals surface area contributed by atoms with Crippen molar-refractivity contribution in [3.63, 3.8) is 0 Å². The zero-order valence-corrected chi connectivity index (χ0v) is 45.5. The summed E-state index contributed by atoms with van der Waals surface area (Å²) in [5, 5.41) is 52.1. The van der Waals surface area contributed by atoms with Crippen LogP contribution in [-0.4, -0.2) is 147 Å². The standard InChI is InChI=1S/C53H65ClN12O12S2/c54-31-12-4-27(5-13-31)21-35(57)47(72)64-40-26-79-80-45-43(53(78)61-37(46(58)71)22-29-8-16-33(67)17-9-29)66-52(77)42(44(45)70)65-48(73)36(3-1-2-20-55)60-49(74)38(23-28-6-14-32(15-7-28)59-41(69)25-56)62-50(75)39(63-51(40)76)24-30-10-18-34(68)19-11-30/h4-19,35-40,42-45,67-68,70H,1-3,20-26,55-57H2,(H2,58,71)(H,59,69)(H,60,74)(H,61,78)(H,62,75)(H,63,76)(H,64,72)(H,65,73)(H,66,77)/t35-,36-,37+,38+,39-,40+,42-,43-,44-,45?/m0/s1. The van der Waals surface area contributed by atoms with Crippen LogP contribution in [0.5, 0.6) is 11.5 Å². The molecule has 19 N–H and O–H groups in total. The number of fused-ring (bicyclic) bond motifs is 2. The normalized spacial score (nSPS) is 22.7. The molecule has 27 heteroatoms. The molecule has 0 aliphatic carbocycles. The van der Waals surface area contributed by atoms with Gasteiger partial charge in [0.15, 0.2) is 0 Å². The lowest BCUT2D eigenvalue weighted by Gasteiger charge is -2.40. The molecule has 6 rings (SSSR count). The minimum atomic E-state index is -1.89. The minimum absolute atomic E-state index is 0.00438. The van der Waals surface area contributed by atoms with Crippen LogP contribution in [0.1, 0.15) is 41.5 Å². The van der Waals surface area contributed by atoms with E-state index in [4.69, 9.17) is 34.5 Å². The van der Waals surface area contributed by atoms with Crippen molar-refractivity contribution in [3.8, 4) is 11.5 Å². The monoisotopic (exact) mass is 1160 g/mol. The lowest BCUT2D eigenvalue weighted by Crippen LogP contribution is -2.71. The number of carbonyl (C=O) groups excluding carboxylic acids is 9. The smallest absolute Gasteiger partial charge is 0.246 e. The molecule has 2 saturated heterocycles. The van der Waals surface area contributed by atoms with Crippen molar-refractivity contribution >= 4 is 92.0 Å². The Bertz CT molecular complexity index is 2840. The van der Waals surface area contributed by atoms with Gasteiger partial charge in [-0.15, -0.1) is 0 Å². The zero-order chi connectivity index (χ0) is 58.0. The zero-order valence-electron chi connectivity index (χ0n) is 43.1. The van der Waals surface area contributed by atoms with E-state index < -0.39 is 113 Å². The molecule has 4 aromatic carbocycles. The lowest BCUT2D eigenvalue weighted by molar-refractivity contribution is -0.140. The van der Waals surface area contributed by atoms with Crippen LogP contribution in [-0.2, 0) is 68.8 Å². The van der Waals surface area contributed by atoms with Gasteiger partial charge in [0.25, 0.3) is 0 Å². The quantitative estimate of drug-likeness (QED) is 0.0371. The van der Waals surface area contributed by atoms with E-state index in [1.165, 1.54) is 48.5 Å². The largest absolute Gasteiger partial charge is 0.508 e. The van der Waals surface area contributed by atoms with E-state index >= 15 is 0 Å². The number of rotatable bonds is 19. The first kappa shape index (κ1) is 61.7. The van der Waals surface area contributed by atoms with E-state index in [0.717, 1.165) is 21.6 Å². The highest BCUT2D eigenvalue weighted by Gasteiger charge is 2.49. The molecule has 2 heterocycles. The molecule has 0 radical (unpaired) electrons. The number of hydrogen-bond donors (Lipinski definition) is 15. The summed E-state index contributed by atoms with van der Waals surface area (Å²) in [6.07, 6.45) is -1.83. The minimum Gasteiger partial charge on any atom is -0.508 e. The van der Waals surface area contributed by atoms with Gasteiger partial charge in [-0.25, -0.2) is 0 Å². The predicted octanol–water partition coefficient (Wildman–Crippen LogP) is -1.61. The van der Waals surface area contributed by atoms with Crippen LogP contribution >= 0.6 is 33.2 Å². The second-order valence-electron chi connectivity index (χ2n) is 19.1. The highest BCUT2D eigenvalue weighted by Crippen LogP contribution is 2.35. The summed E-state index contributed by atoms with van der Waals surface area (Å²) < 4.78 is 0. The topological polar surface area (TPSA) is 415 Å². The first-order valence-corrected chi connectivity index (χ1v) is 28.2. The van der Waals surface area contributed by atoms with Gasteiger partial charge >= 0.3 is 0 Å². The highest BCUT2D eigenvalue weighted by molar-refractivity contribution is 8.77. The van der Waals surface area contributed by atoms with Crippen LogP contribution in [0.4, 0.5) is 5.69 Å². The van der Waals surface area contributed by atoms with Crippen molar-refractivity contribution in [3.05, 3.63) is 124 Å². The number of phenols is 2. The summed E-state index contributed by atoms with van der Waals surface area (Å²) in [6, 6.07) is 12.3. The fraction of sp³-hybridized carbons (Fsp3) is 0.377. The molecule has 1 unspecified atom stereocenters. The SMILES string of the molecule is NCCCC[C@@H]1NC(=O)[C@@H](Cc2ccc(NC(=O)CN)cc2)NC(=O)[C@H](Cc2ccc(O)cc2)NC(=O)[C@H](NC(=O)[C@@H](N)Cc2ccc(Cl)cc2)CSSC2[C@@H](C(=O)N[C@H](Cc3ccc(O)cc3)C(N)=O)NC(=O)[C@@H](NC1=O)[C@@H]2O. The number of nitrogens with one attached hydrogen (secondary N) is 8. The van der Waals surface area contributed by atoms with E-state index in [9.17, 15) is 58.5 Å². The fourth-order valence-corrected chi connectivity index (χ4v) is 11.7. The van der Waals surface area contributed by atoms with E-state index in [2.05, 4.69) is 42.5 Å². The number of aromatic hydroxyl groups is 2. The number of amides is 9. The number of primary amides is 1. The average Bonchev–Trinajstić information content (AvgIpc) is 3.45. The number of aliphatic hydroxyl groups is 1. The van der Waals surface area contributed by atoms with Crippen molar-refractivity contribution in [2.75, 3.05) is 24.2 Å². The molecule has 2 fully saturated rings. The van der Waals surface area contributed by atoms with Crippen molar-refractivity contribution < 1.29 is 58.5 Å². The number of phenolic OH excluding ortho intramolecular Hbond substituents is 2. The van der Waals surface area contributed by atoms with Gasteiger partial charge < -0.3 is 80.8 Å². The number of piperidine rings is 1. The first-order valence-electron chi connectivity index (χ1n) is 25.4. The van der Waals surface area contributed by atoms with Gasteiger partial charge in [-0.05, 0) is 103 Å².